The Morgan fingerprint density at radius 3 is 2.13 bits per heavy atom. The highest BCUT2D eigenvalue weighted by atomic mass is 35.5. The molecule has 0 saturated heterocycles. The highest BCUT2D eigenvalue weighted by Crippen LogP contribution is 2.31. The van der Waals surface area contributed by atoms with Gasteiger partial charge in [0.2, 0.25) is 0 Å². The van der Waals surface area contributed by atoms with Crippen LogP contribution in [0.25, 0.3) is 10.9 Å². The van der Waals surface area contributed by atoms with Gasteiger partial charge in [0.05, 0.1) is 11.2 Å². The van der Waals surface area contributed by atoms with Gasteiger partial charge in [-0.1, -0.05) is 62.7 Å². The molecule has 30 heavy (non-hydrogen) atoms. The van der Waals surface area contributed by atoms with Crippen LogP contribution in [0.15, 0.2) is 42.5 Å². The lowest BCUT2D eigenvalue weighted by molar-refractivity contribution is 0.0695. The Hall–Kier alpha value is -2.63. The summed E-state index contributed by atoms with van der Waals surface area (Å²) in [5, 5.41) is 20.9. The number of hydrogen-bond donors (Lipinski definition) is 2. The number of carboxylic acid groups (broad SMARTS) is 1. The van der Waals surface area contributed by atoms with Crippen molar-refractivity contribution < 1.29 is 15.0 Å². The summed E-state index contributed by atoms with van der Waals surface area (Å²) in [7, 11) is 0. The number of aromatic hydroxyl groups is 1. The van der Waals surface area contributed by atoms with E-state index in [1.165, 1.54) is 19.6 Å². The van der Waals surface area contributed by atoms with E-state index in [9.17, 15) is 15.0 Å². The number of carbonyl (C=O) groups is 1. The Kier molecular flexibility index (Phi) is 8.63. The van der Waals surface area contributed by atoms with Crippen LogP contribution in [0, 0.1) is 6.92 Å². The van der Waals surface area contributed by atoms with Crippen molar-refractivity contribution >= 4 is 28.5 Å². The number of hydrogen-bond acceptors (Lipinski definition) is 4. The van der Waals surface area contributed by atoms with Crippen LogP contribution in [0.3, 0.4) is 0 Å². The van der Waals surface area contributed by atoms with Crippen molar-refractivity contribution in [1.82, 2.24) is 9.88 Å². The molecule has 1 aromatic heterocycles. The first-order valence-electron chi connectivity index (χ1n) is 10.1. The van der Waals surface area contributed by atoms with E-state index in [1.54, 1.807) is 24.3 Å². The first kappa shape index (κ1) is 23.6. The number of benzene rings is 2. The Morgan fingerprint density at radius 2 is 1.63 bits per heavy atom. The van der Waals surface area contributed by atoms with Crippen LogP contribution < -0.4 is 0 Å². The number of para-hydroxylation sites is 1. The average molecular weight is 429 g/mol. The Morgan fingerprint density at radius 1 is 1.03 bits per heavy atom. The van der Waals surface area contributed by atoms with E-state index in [0.29, 0.717) is 28.0 Å². The summed E-state index contributed by atoms with van der Waals surface area (Å²) in [4.78, 5) is 18.5. The molecule has 2 N–H and O–H groups in total. The molecule has 0 unspecified atom stereocenters. The summed E-state index contributed by atoms with van der Waals surface area (Å²) in [5.74, 6) is -1.46. The van der Waals surface area contributed by atoms with E-state index in [2.05, 4.69) is 30.7 Å². The minimum absolute atomic E-state index is 0.109. The zero-order valence-corrected chi connectivity index (χ0v) is 18.7. The molecule has 3 rings (SSSR count). The number of rotatable bonds is 6. The number of nitrogens with zero attached hydrogens (tertiary/aromatic N) is 2. The lowest BCUT2D eigenvalue weighted by Gasteiger charge is -2.13. The smallest absolute Gasteiger partial charge is 0.340 e. The van der Waals surface area contributed by atoms with Gasteiger partial charge in [-0.25, -0.2) is 9.78 Å². The molecule has 0 atom stereocenters. The number of halogens is 1. The Labute approximate surface area is 182 Å². The molecule has 0 saturated carbocycles. The van der Waals surface area contributed by atoms with Crippen LogP contribution in [-0.4, -0.2) is 45.7 Å². The van der Waals surface area contributed by atoms with Crippen LogP contribution in [0.1, 0.15) is 48.0 Å². The summed E-state index contributed by atoms with van der Waals surface area (Å²) < 4.78 is 0. The third-order valence-electron chi connectivity index (χ3n) is 5.10. The number of aromatic carboxylic acids is 1. The molecule has 3 aromatic rings. The zero-order valence-electron chi connectivity index (χ0n) is 17.9. The summed E-state index contributed by atoms with van der Waals surface area (Å²) in [6, 6.07) is 12.4. The van der Waals surface area contributed by atoms with Crippen molar-refractivity contribution in [3.8, 4) is 5.75 Å². The molecule has 0 aliphatic heterocycles. The minimum Gasteiger partial charge on any atom is -0.505 e. The van der Waals surface area contributed by atoms with Crippen molar-refractivity contribution in [3.63, 3.8) is 0 Å². The topological polar surface area (TPSA) is 73.7 Å². The zero-order chi connectivity index (χ0) is 22.3. The molecule has 2 aromatic carbocycles. The maximum atomic E-state index is 11.6. The summed E-state index contributed by atoms with van der Waals surface area (Å²) in [6.07, 6.45) is 0.327. The van der Waals surface area contributed by atoms with E-state index in [0.717, 1.165) is 11.1 Å². The summed E-state index contributed by atoms with van der Waals surface area (Å²) in [5.41, 5.74) is 2.57. The first-order chi connectivity index (χ1) is 14.3. The van der Waals surface area contributed by atoms with Crippen molar-refractivity contribution in [1.29, 1.82) is 0 Å². The molecular formula is C24H29ClN2O3. The number of aromatic nitrogens is 1. The second-order valence-electron chi connectivity index (χ2n) is 6.98. The summed E-state index contributed by atoms with van der Waals surface area (Å²) >= 11 is 5.87. The maximum absolute atomic E-state index is 11.6. The number of fused-ring (bicyclic) bond motifs is 1. The number of pyridine rings is 1. The molecule has 0 radical (unpaired) electrons. The van der Waals surface area contributed by atoms with E-state index < -0.39 is 5.97 Å². The minimum atomic E-state index is -1.17. The molecule has 0 fully saturated rings. The molecule has 0 amide bonds. The molecular weight excluding hydrogens is 400 g/mol. The van der Waals surface area contributed by atoms with Gasteiger partial charge in [0.15, 0.2) is 5.75 Å². The second-order valence-corrected chi connectivity index (χ2v) is 7.42. The van der Waals surface area contributed by atoms with Gasteiger partial charge in [-0.3, -0.25) is 0 Å². The fraction of sp³-hybridized carbons (Fsp3) is 0.333. The van der Waals surface area contributed by atoms with Gasteiger partial charge in [-0.2, -0.15) is 0 Å². The molecule has 0 spiro atoms. The number of aryl methyl sites for hydroxylation is 1. The van der Waals surface area contributed by atoms with Crippen molar-refractivity contribution in [2.75, 3.05) is 19.6 Å². The van der Waals surface area contributed by atoms with Crippen LogP contribution >= 0.6 is 11.6 Å². The third kappa shape index (κ3) is 5.71. The van der Waals surface area contributed by atoms with Crippen LogP contribution in [0.4, 0.5) is 0 Å². The van der Waals surface area contributed by atoms with E-state index >= 15 is 0 Å². The van der Waals surface area contributed by atoms with Gasteiger partial charge >= 0.3 is 5.97 Å². The van der Waals surface area contributed by atoms with Gasteiger partial charge in [-0.05, 0) is 49.8 Å². The van der Waals surface area contributed by atoms with Gasteiger partial charge in [-0.15, -0.1) is 0 Å². The standard InChI is InChI=1S/C18H14ClNO3.C6H15N/c1-10-3-2-4-13-15(18(22)23)17(21)14(20-16(10)13)9-11-5-7-12(19)8-6-11;1-4-7(5-2)6-3/h2-8,21H,9H2,1H3,(H,22,23);4-6H2,1-3H3. The quantitative estimate of drug-likeness (QED) is 0.539. The normalized spacial score (nSPS) is 10.7. The van der Waals surface area contributed by atoms with Crippen LogP contribution in [-0.2, 0) is 6.42 Å². The maximum Gasteiger partial charge on any atom is 0.340 e. The fourth-order valence-electron chi connectivity index (χ4n) is 3.28. The van der Waals surface area contributed by atoms with Gasteiger partial charge < -0.3 is 15.1 Å². The third-order valence-corrected chi connectivity index (χ3v) is 5.36. The van der Waals surface area contributed by atoms with Crippen LogP contribution in [0.2, 0.25) is 5.02 Å². The number of carboxylic acids is 1. The molecule has 5 nitrogen and oxygen atoms in total. The fourth-order valence-corrected chi connectivity index (χ4v) is 3.40. The van der Waals surface area contributed by atoms with Gasteiger partial charge in [0.1, 0.15) is 5.56 Å². The molecule has 0 bridgehead atoms. The largest absolute Gasteiger partial charge is 0.505 e. The SMILES string of the molecule is CCN(CC)CC.Cc1cccc2c(C(=O)O)c(O)c(Cc3ccc(Cl)cc3)nc12. The monoisotopic (exact) mass is 428 g/mol. The highest BCUT2D eigenvalue weighted by molar-refractivity contribution is 6.30. The molecule has 0 aliphatic rings. The Bertz CT molecular complexity index is 994. The van der Waals surface area contributed by atoms with Crippen molar-refractivity contribution in [3.05, 3.63) is 69.9 Å². The van der Waals surface area contributed by atoms with E-state index in [4.69, 9.17) is 11.6 Å². The van der Waals surface area contributed by atoms with Crippen LogP contribution in [0.5, 0.6) is 5.75 Å². The molecule has 1 heterocycles. The second kappa shape index (κ2) is 11.0. The highest BCUT2D eigenvalue weighted by Gasteiger charge is 2.20. The first-order valence-corrected chi connectivity index (χ1v) is 10.5. The lowest BCUT2D eigenvalue weighted by Crippen LogP contribution is -2.21. The van der Waals surface area contributed by atoms with Crippen molar-refractivity contribution in [2.45, 2.75) is 34.1 Å². The molecule has 6 heteroatoms. The Balaban J connectivity index is 0.000000396. The van der Waals surface area contributed by atoms with Gasteiger partial charge in [0.25, 0.3) is 0 Å². The predicted molar refractivity (Wildman–Crippen MR) is 123 cm³/mol. The van der Waals surface area contributed by atoms with Crippen molar-refractivity contribution in [2.24, 2.45) is 0 Å². The lowest BCUT2D eigenvalue weighted by atomic mass is 10.0. The summed E-state index contributed by atoms with van der Waals surface area (Å²) in [6.45, 7) is 12.0. The average Bonchev–Trinajstić information content (AvgIpc) is 2.72. The van der Waals surface area contributed by atoms with Gasteiger partial charge in [0, 0.05) is 16.8 Å². The van der Waals surface area contributed by atoms with E-state index in [-0.39, 0.29) is 11.3 Å². The molecule has 160 valence electrons. The molecule has 0 aliphatic carbocycles. The van der Waals surface area contributed by atoms with E-state index in [1.807, 2.05) is 25.1 Å². The predicted octanol–water partition coefficient (Wildman–Crippen LogP) is 5.54.